The van der Waals surface area contributed by atoms with Gasteiger partial charge in [-0.1, -0.05) is 31.6 Å². The minimum absolute atomic E-state index is 0.0192. The lowest BCUT2D eigenvalue weighted by molar-refractivity contribution is -0.119. The van der Waals surface area contributed by atoms with Crippen LogP contribution in [0, 0.1) is 34.0 Å². The summed E-state index contributed by atoms with van der Waals surface area (Å²) in [6, 6.07) is 0. The van der Waals surface area contributed by atoms with Gasteiger partial charge in [0.15, 0.2) is 5.78 Å². The van der Waals surface area contributed by atoms with E-state index in [1.54, 1.807) is 0 Å². The summed E-state index contributed by atoms with van der Waals surface area (Å²) in [5, 5.41) is 11.0. The normalized spacial score (nSPS) is 51.6. The average molecular weight is 341 g/mol. The molecule has 0 spiro atoms. The zero-order chi connectivity index (χ0) is 17.4. The molecule has 0 radical (unpaired) electrons. The summed E-state index contributed by atoms with van der Waals surface area (Å²) in [5.74, 6) is 2.54. The molecule has 3 fully saturated rings. The van der Waals surface area contributed by atoms with Crippen molar-refractivity contribution in [2.45, 2.75) is 77.7 Å². The third-order valence-corrected chi connectivity index (χ3v) is 9.61. The van der Waals surface area contributed by atoms with E-state index in [-0.39, 0.29) is 16.9 Å². The van der Waals surface area contributed by atoms with Crippen LogP contribution in [0.5, 0.6) is 0 Å². The highest BCUT2D eigenvalue weighted by atomic mass is 16.3. The Balaban J connectivity index is 1.54. The van der Waals surface area contributed by atoms with Gasteiger partial charge in [-0.05, 0) is 86.0 Å². The number of carbonyl (C=O) groups excluding carboxylic acids is 1. The molecular formula is C23H32O2. The van der Waals surface area contributed by atoms with Crippen LogP contribution >= 0.6 is 0 Å². The van der Waals surface area contributed by atoms with Crippen molar-refractivity contribution in [1.82, 2.24) is 0 Å². The van der Waals surface area contributed by atoms with Gasteiger partial charge < -0.3 is 5.11 Å². The number of hydrogen-bond acceptors (Lipinski definition) is 2. The van der Waals surface area contributed by atoms with Gasteiger partial charge in [-0.25, -0.2) is 0 Å². The SMILES string of the molecule is CCC(O)[C@@]12C=CC3(CC1)[C@@H]1CCC4=CC(=O)CC[C@@H]4[C@H]1CC[C@@]32C. The quantitative estimate of drug-likeness (QED) is 0.731. The van der Waals surface area contributed by atoms with E-state index in [9.17, 15) is 9.90 Å². The van der Waals surface area contributed by atoms with E-state index < -0.39 is 0 Å². The van der Waals surface area contributed by atoms with E-state index in [0.717, 1.165) is 37.5 Å². The summed E-state index contributed by atoms with van der Waals surface area (Å²) in [7, 11) is 0. The van der Waals surface area contributed by atoms with Crippen LogP contribution in [0.2, 0.25) is 0 Å². The first kappa shape index (κ1) is 16.3. The predicted octanol–water partition coefficient (Wildman–Crippen LogP) is 4.83. The lowest BCUT2D eigenvalue weighted by atomic mass is 9.44. The molecule has 2 unspecified atom stereocenters. The third kappa shape index (κ3) is 1.73. The molecule has 2 nitrogen and oxygen atoms in total. The van der Waals surface area contributed by atoms with Gasteiger partial charge in [0.1, 0.15) is 0 Å². The van der Waals surface area contributed by atoms with Gasteiger partial charge in [0, 0.05) is 11.8 Å². The molecule has 1 N–H and O–H groups in total. The van der Waals surface area contributed by atoms with Crippen molar-refractivity contribution in [2.75, 3.05) is 0 Å². The Bertz CT molecular complexity index is 676. The minimum Gasteiger partial charge on any atom is -0.392 e. The number of fused-ring (bicyclic) bond motifs is 3. The molecule has 3 saturated carbocycles. The lowest BCUT2D eigenvalue weighted by Gasteiger charge is -2.60. The van der Waals surface area contributed by atoms with Gasteiger partial charge in [-0.15, -0.1) is 0 Å². The molecule has 5 aliphatic carbocycles. The van der Waals surface area contributed by atoms with Crippen molar-refractivity contribution in [3.63, 3.8) is 0 Å². The van der Waals surface area contributed by atoms with Crippen LogP contribution in [0.1, 0.15) is 71.6 Å². The molecular weight excluding hydrogens is 308 g/mol. The second kappa shape index (κ2) is 5.09. The molecule has 5 rings (SSSR count). The van der Waals surface area contributed by atoms with Gasteiger partial charge in [0.2, 0.25) is 0 Å². The maximum Gasteiger partial charge on any atom is 0.155 e. The van der Waals surface area contributed by atoms with Crippen LogP contribution in [-0.2, 0) is 4.79 Å². The topological polar surface area (TPSA) is 37.3 Å². The zero-order valence-electron chi connectivity index (χ0n) is 15.8. The van der Waals surface area contributed by atoms with Crippen molar-refractivity contribution in [3.8, 4) is 0 Å². The maximum atomic E-state index is 11.9. The van der Waals surface area contributed by atoms with E-state index in [4.69, 9.17) is 0 Å². The number of rotatable bonds is 2. The molecule has 25 heavy (non-hydrogen) atoms. The summed E-state index contributed by atoms with van der Waals surface area (Å²) in [5.41, 5.74) is 2.03. The van der Waals surface area contributed by atoms with Crippen LogP contribution in [0.3, 0.4) is 0 Å². The first-order valence-corrected chi connectivity index (χ1v) is 10.6. The Morgan fingerprint density at radius 2 is 2.00 bits per heavy atom. The fraction of sp³-hybridized carbons (Fsp3) is 0.783. The van der Waals surface area contributed by atoms with Crippen molar-refractivity contribution in [2.24, 2.45) is 34.0 Å². The predicted molar refractivity (Wildman–Crippen MR) is 98.9 cm³/mol. The number of aliphatic hydroxyl groups excluding tert-OH is 1. The van der Waals surface area contributed by atoms with Crippen LogP contribution in [0.4, 0.5) is 0 Å². The van der Waals surface area contributed by atoms with Crippen molar-refractivity contribution in [3.05, 3.63) is 23.8 Å². The van der Waals surface area contributed by atoms with Crippen molar-refractivity contribution >= 4 is 5.78 Å². The first-order valence-electron chi connectivity index (χ1n) is 10.6. The van der Waals surface area contributed by atoms with E-state index in [1.165, 1.54) is 37.7 Å². The molecule has 0 amide bonds. The monoisotopic (exact) mass is 340 g/mol. The van der Waals surface area contributed by atoms with Crippen LogP contribution in [-0.4, -0.2) is 17.0 Å². The molecule has 136 valence electrons. The standard InChI is InChI=1S/C23H32O2/c1-3-20(25)23-12-10-22(11-13-23)19-7-4-15-14-16(24)5-6-17(15)18(19)8-9-21(22,23)2/h10,12,14,17-20,25H,3-9,11,13H2,1-2H3/t17-,18+,19+,20?,21-,22?,23+/m0/s1. The van der Waals surface area contributed by atoms with Gasteiger partial charge in [0.05, 0.1) is 6.10 Å². The van der Waals surface area contributed by atoms with E-state index in [1.807, 2.05) is 6.08 Å². The number of aliphatic hydroxyl groups is 1. The van der Waals surface area contributed by atoms with Crippen molar-refractivity contribution < 1.29 is 9.90 Å². The maximum absolute atomic E-state index is 11.9. The molecule has 7 atom stereocenters. The Hall–Kier alpha value is -0.890. The van der Waals surface area contributed by atoms with Gasteiger partial charge >= 0.3 is 0 Å². The Kier molecular flexibility index (Phi) is 3.32. The number of ketones is 1. The fourth-order valence-electron chi connectivity index (χ4n) is 8.35. The summed E-state index contributed by atoms with van der Waals surface area (Å²) >= 11 is 0. The number of hydrogen-bond donors (Lipinski definition) is 1. The third-order valence-electron chi connectivity index (χ3n) is 9.61. The molecule has 2 heteroatoms. The lowest BCUT2D eigenvalue weighted by Crippen LogP contribution is -2.55. The Labute approximate surface area is 151 Å². The van der Waals surface area contributed by atoms with Crippen LogP contribution < -0.4 is 0 Å². The number of allylic oxidation sites excluding steroid dienone is 2. The molecule has 0 aromatic rings. The summed E-state index contributed by atoms with van der Waals surface area (Å²) in [4.78, 5) is 11.9. The summed E-state index contributed by atoms with van der Waals surface area (Å²) < 4.78 is 0. The van der Waals surface area contributed by atoms with E-state index in [2.05, 4.69) is 26.0 Å². The zero-order valence-corrected chi connectivity index (χ0v) is 15.8. The Morgan fingerprint density at radius 3 is 2.72 bits per heavy atom. The largest absolute Gasteiger partial charge is 0.392 e. The molecule has 5 aliphatic rings. The second-order valence-corrected chi connectivity index (χ2v) is 9.85. The minimum atomic E-state index is -0.193. The second-order valence-electron chi connectivity index (χ2n) is 9.85. The average Bonchev–Trinajstić information content (AvgIpc) is 3.05. The molecule has 2 bridgehead atoms. The molecule has 0 aromatic heterocycles. The summed E-state index contributed by atoms with van der Waals surface area (Å²) in [6.07, 6.45) is 16.9. The van der Waals surface area contributed by atoms with Gasteiger partial charge in [-0.3, -0.25) is 4.79 Å². The molecule has 0 aliphatic heterocycles. The Morgan fingerprint density at radius 1 is 1.16 bits per heavy atom. The van der Waals surface area contributed by atoms with Gasteiger partial charge in [-0.2, -0.15) is 0 Å². The van der Waals surface area contributed by atoms with E-state index >= 15 is 0 Å². The fourth-order valence-corrected chi connectivity index (χ4v) is 8.35. The van der Waals surface area contributed by atoms with E-state index in [0.29, 0.717) is 17.1 Å². The van der Waals surface area contributed by atoms with Gasteiger partial charge in [0.25, 0.3) is 0 Å². The molecule has 0 saturated heterocycles. The highest BCUT2D eigenvalue weighted by Crippen LogP contribution is 2.78. The highest BCUT2D eigenvalue weighted by Gasteiger charge is 2.72. The van der Waals surface area contributed by atoms with Crippen molar-refractivity contribution in [1.29, 1.82) is 0 Å². The van der Waals surface area contributed by atoms with Crippen LogP contribution in [0.25, 0.3) is 0 Å². The molecule has 0 aromatic carbocycles. The van der Waals surface area contributed by atoms with Crippen LogP contribution in [0.15, 0.2) is 23.8 Å². The smallest absolute Gasteiger partial charge is 0.155 e. The first-order chi connectivity index (χ1) is 12.0. The number of carbonyl (C=O) groups is 1. The summed E-state index contributed by atoms with van der Waals surface area (Å²) in [6.45, 7) is 4.64. The molecule has 0 heterocycles. The highest BCUT2D eigenvalue weighted by molar-refractivity contribution is 5.91.